The van der Waals surface area contributed by atoms with E-state index in [1.165, 1.54) is 23.1 Å². The maximum atomic E-state index is 12.3. The van der Waals surface area contributed by atoms with Crippen molar-refractivity contribution in [1.29, 1.82) is 0 Å². The number of hydrogen-bond donors (Lipinski definition) is 0. The van der Waals surface area contributed by atoms with Gasteiger partial charge in [0.05, 0.1) is 23.1 Å². The Hall–Kier alpha value is -1.11. The van der Waals surface area contributed by atoms with Gasteiger partial charge in [-0.25, -0.2) is 8.42 Å². The van der Waals surface area contributed by atoms with Crippen molar-refractivity contribution in [3.8, 4) is 0 Å². The number of ether oxygens (including phenoxy) is 1. The molecule has 0 saturated carbocycles. The minimum atomic E-state index is -3.94. The van der Waals surface area contributed by atoms with Crippen molar-refractivity contribution < 1.29 is 17.9 Å². The molecular weight excluding hydrogens is 290 g/mol. The summed E-state index contributed by atoms with van der Waals surface area (Å²) in [4.78, 5) is 13.7. The molecule has 1 amide bonds. The molecule has 1 heterocycles. The van der Waals surface area contributed by atoms with Gasteiger partial charge < -0.3 is 9.64 Å². The van der Waals surface area contributed by atoms with Crippen LogP contribution in [0.3, 0.4) is 0 Å². The Morgan fingerprint density at radius 3 is 2.68 bits per heavy atom. The lowest BCUT2D eigenvalue weighted by Crippen LogP contribution is -2.37. The maximum absolute atomic E-state index is 12.3. The molecule has 1 aromatic carbocycles. The smallest absolute Gasteiger partial charge is 0.262 e. The van der Waals surface area contributed by atoms with E-state index in [-0.39, 0.29) is 22.4 Å². The van der Waals surface area contributed by atoms with Gasteiger partial charge >= 0.3 is 0 Å². The fraction of sp³-hybridized carbons (Fsp3) is 0.417. The van der Waals surface area contributed by atoms with E-state index in [4.69, 9.17) is 15.4 Å². The summed E-state index contributed by atoms with van der Waals surface area (Å²) in [6.45, 7) is 1.08. The molecule has 1 saturated heterocycles. The molecule has 1 aromatic rings. The summed E-state index contributed by atoms with van der Waals surface area (Å²) >= 11 is 0. The van der Waals surface area contributed by atoms with E-state index in [2.05, 4.69) is 0 Å². The fourth-order valence-corrected chi connectivity index (χ4v) is 3.10. The summed E-state index contributed by atoms with van der Waals surface area (Å²) in [5.41, 5.74) is 0.0897. The first-order chi connectivity index (χ1) is 8.91. The van der Waals surface area contributed by atoms with Gasteiger partial charge in [-0.15, -0.1) is 0 Å². The predicted molar refractivity (Wildman–Crippen MR) is 70.8 cm³/mol. The van der Waals surface area contributed by atoms with E-state index in [0.717, 1.165) is 6.42 Å². The second-order valence-electron chi connectivity index (χ2n) is 4.37. The fourth-order valence-electron chi connectivity index (χ4n) is 2.04. The minimum absolute atomic E-state index is 0.0291. The molecule has 0 bridgehead atoms. The van der Waals surface area contributed by atoms with Crippen molar-refractivity contribution in [2.75, 3.05) is 20.3 Å². The highest BCUT2D eigenvalue weighted by Crippen LogP contribution is 2.22. The number of benzene rings is 1. The number of likely N-dealkylation sites (N-methyl/N-ethyl adjacent to an activating group) is 1. The van der Waals surface area contributed by atoms with E-state index in [9.17, 15) is 13.2 Å². The highest BCUT2D eigenvalue weighted by molar-refractivity contribution is 8.13. The zero-order valence-corrected chi connectivity index (χ0v) is 11.9. The van der Waals surface area contributed by atoms with Crippen LogP contribution in [0.5, 0.6) is 0 Å². The van der Waals surface area contributed by atoms with Crippen LogP contribution in [0.25, 0.3) is 0 Å². The lowest BCUT2D eigenvalue weighted by atomic mass is 10.1. The lowest BCUT2D eigenvalue weighted by Gasteiger charge is -2.23. The summed E-state index contributed by atoms with van der Waals surface area (Å²) in [5.74, 6) is -0.365. The predicted octanol–water partition coefficient (Wildman–Crippen LogP) is 1.48. The van der Waals surface area contributed by atoms with E-state index in [0.29, 0.717) is 13.2 Å². The second-order valence-corrected chi connectivity index (χ2v) is 6.90. The highest BCUT2D eigenvalue weighted by atomic mass is 35.7. The van der Waals surface area contributed by atoms with Crippen molar-refractivity contribution in [3.05, 3.63) is 29.8 Å². The molecule has 0 aliphatic carbocycles. The van der Waals surface area contributed by atoms with Gasteiger partial charge in [0.1, 0.15) is 0 Å². The molecule has 1 aliphatic rings. The van der Waals surface area contributed by atoms with E-state index < -0.39 is 9.05 Å². The van der Waals surface area contributed by atoms with Crippen LogP contribution < -0.4 is 0 Å². The maximum Gasteiger partial charge on any atom is 0.262 e. The van der Waals surface area contributed by atoms with Crippen LogP contribution in [0.2, 0.25) is 0 Å². The molecule has 7 heteroatoms. The first-order valence-electron chi connectivity index (χ1n) is 5.80. The minimum Gasteiger partial charge on any atom is -0.379 e. The molecule has 19 heavy (non-hydrogen) atoms. The first-order valence-corrected chi connectivity index (χ1v) is 8.11. The largest absolute Gasteiger partial charge is 0.379 e. The van der Waals surface area contributed by atoms with Crippen LogP contribution >= 0.6 is 10.7 Å². The average molecular weight is 304 g/mol. The van der Waals surface area contributed by atoms with Crippen LogP contribution in [0.4, 0.5) is 0 Å². The number of amides is 1. The van der Waals surface area contributed by atoms with Gasteiger partial charge in [-0.3, -0.25) is 4.79 Å². The third-order valence-corrected chi connectivity index (χ3v) is 4.53. The van der Waals surface area contributed by atoms with Crippen molar-refractivity contribution in [2.45, 2.75) is 17.4 Å². The number of nitrogens with zero attached hydrogens (tertiary/aromatic N) is 1. The van der Waals surface area contributed by atoms with Crippen molar-refractivity contribution >= 4 is 25.6 Å². The topological polar surface area (TPSA) is 63.7 Å². The third-order valence-electron chi connectivity index (χ3n) is 3.15. The Morgan fingerprint density at radius 2 is 2.11 bits per heavy atom. The van der Waals surface area contributed by atoms with Gasteiger partial charge in [0.2, 0.25) is 0 Å². The molecule has 0 aromatic heterocycles. The van der Waals surface area contributed by atoms with E-state index in [1.54, 1.807) is 13.1 Å². The molecule has 1 atom stereocenters. The molecule has 5 nitrogen and oxygen atoms in total. The normalized spacial score (nSPS) is 19.4. The van der Waals surface area contributed by atoms with Crippen LogP contribution in [0.1, 0.15) is 16.8 Å². The molecule has 0 radical (unpaired) electrons. The molecule has 104 valence electrons. The van der Waals surface area contributed by atoms with E-state index >= 15 is 0 Å². The summed E-state index contributed by atoms with van der Waals surface area (Å²) in [6.07, 6.45) is 0.748. The first kappa shape index (κ1) is 14.3. The Kier molecular flexibility index (Phi) is 4.13. The average Bonchev–Trinajstić information content (AvgIpc) is 2.90. The lowest BCUT2D eigenvalue weighted by molar-refractivity contribution is 0.0707. The quantitative estimate of drug-likeness (QED) is 0.793. The Bertz CT molecular complexity index is 581. The van der Waals surface area contributed by atoms with Crippen LogP contribution in [0, 0.1) is 0 Å². The van der Waals surface area contributed by atoms with Crippen molar-refractivity contribution in [1.82, 2.24) is 4.90 Å². The summed E-state index contributed by atoms with van der Waals surface area (Å²) < 4.78 is 28.2. The Balaban J connectivity index is 2.34. The zero-order valence-electron chi connectivity index (χ0n) is 10.4. The third kappa shape index (κ3) is 3.08. The SMILES string of the molecule is CN(C(=O)c1ccccc1S(=O)(=O)Cl)C1CCOC1. The number of hydrogen-bond acceptors (Lipinski definition) is 4. The van der Waals surface area contributed by atoms with Gasteiger partial charge in [0.25, 0.3) is 15.0 Å². The molecule has 2 rings (SSSR count). The molecule has 1 unspecified atom stereocenters. The zero-order chi connectivity index (χ0) is 14.0. The van der Waals surface area contributed by atoms with E-state index in [1.807, 2.05) is 0 Å². The summed E-state index contributed by atoms with van der Waals surface area (Å²) in [7, 11) is 3.05. The van der Waals surface area contributed by atoms with Gasteiger partial charge in [0.15, 0.2) is 0 Å². The molecule has 1 aliphatic heterocycles. The number of carbonyl (C=O) groups excluding carboxylic acids is 1. The van der Waals surface area contributed by atoms with Gasteiger partial charge in [-0.05, 0) is 18.6 Å². The number of halogens is 1. The van der Waals surface area contributed by atoms with Crippen LogP contribution in [-0.4, -0.2) is 45.5 Å². The monoisotopic (exact) mass is 303 g/mol. The number of rotatable bonds is 3. The van der Waals surface area contributed by atoms with Gasteiger partial charge in [-0.1, -0.05) is 12.1 Å². The molecule has 0 N–H and O–H groups in total. The van der Waals surface area contributed by atoms with Gasteiger partial charge in [-0.2, -0.15) is 0 Å². The second kappa shape index (κ2) is 5.48. The summed E-state index contributed by atoms with van der Waals surface area (Å²) in [5, 5.41) is 0. The van der Waals surface area contributed by atoms with Crippen LogP contribution in [-0.2, 0) is 13.8 Å². The molecule has 0 spiro atoms. The Morgan fingerprint density at radius 1 is 1.42 bits per heavy atom. The summed E-state index contributed by atoms with van der Waals surface area (Å²) in [6, 6.07) is 5.90. The highest BCUT2D eigenvalue weighted by Gasteiger charge is 2.28. The van der Waals surface area contributed by atoms with Crippen molar-refractivity contribution in [2.24, 2.45) is 0 Å². The van der Waals surface area contributed by atoms with Crippen LogP contribution in [0.15, 0.2) is 29.2 Å². The standard InChI is InChI=1S/C12H14ClNO4S/c1-14(9-6-7-18-8-9)12(15)10-4-2-3-5-11(10)19(13,16)17/h2-5,9H,6-8H2,1H3. The number of carbonyl (C=O) groups is 1. The molecular formula is C12H14ClNO4S. The molecule has 1 fully saturated rings. The van der Waals surface area contributed by atoms with Crippen molar-refractivity contribution in [3.63, 3.8) is 0 Å². The Labute approximate surface area is 116 Å². The van der Waals surface area contributed by atoms with Gasteiger partial charge in [0, 0.05) is 24.3 Å².